The molecule has 3 aliphatic heterocycles. The van der Waals surface area contributed by atoms with E-state index < -0.39 is 34.0 Å². The number of nitrogens with one attached hydrogen (secondary N) is 1. The van der Waals surface area contributed by atoms with Crippen molar-refractivity contribution in [1.29, 1.82) is 0 Å². The van der Waals surface area contributed by atoms with Crippen LogP contribution >= 0.6 is 0 Å². The summed E-state index contributed by atoms with van der Waals surface area (Å²) in [5, 5.41) is 7.20. The van der Waals surface area contributed by atoms with Crippen molar-refractivity contribution < 1.29 is 26.4 Å². The Morgan fingerprint density at radius 1 is 1.31 bits per heavy atom. The van der Waals surface area contributed by atoms with Crippen molar-refractivity contribution in [3.05, 3.63) is 11.8 Å². The first-order valence-electron chi connectivity index (χ1n) is 9.92. The lowest BCUT2D eigenvalue weighted by molar-refractivity contribution is -0.175. The summed E-state index contributed by atoms with van der Waals surface area (Å²) in [6, 6.07) is -0.503. The molecule has 4 rings (SSSR count). The van der Waals surface area contributed by atoms with E-state index in [0.29, 0.717) is 37.4 Å². The number of carbonyl (C=O) groups excluding carboxylic acids is 1. The average Bonchev–Trinajstić information content (AvgIpc) is 3.20. The van der Waals surface area contributed by atoms with Crippen LogP contribution in [0.1, 0.15) is 37.4 Å². The lowest BCUT2D eigenvalue weighted by Gasteiger charge is -2.42. The van der Waals surface area contributed by atoms with E-state index in [9.17, 15) is 26.4 Å². The molecule has 0 bridgehead atoms. The quantitative estimate of drug-likeness (QED) is 0.771. The summed E-state index contributed by atoms with van der Waals surface area (Å²) in [6.07, 6.45) is -2.79. The van der Waals surface area contributed by atoms with Crippen LogP contribution in [-0.4, -0.2) is 65.8 Å². The highest BCUT2D eigenvalue weighted by Crippen LogP contribution is 2.42. The second kappa shape index (κ2) is 7.17. The van der Waals surface area contributed by atoms with Crippen molar-refractivity contribution in [2.75, 3.05) is 29.9 Å². The first-order chi connectivity index (χ1) is 13.5. The highest BCUT2D eigenvalue weighted by atomic mass is 32.2. The number of amides is 1. The zero-order valence-corrected chi connectivity index (χ0v) is 17.0. The lowest BCUT2D eigenvalue weighted by Crippen LogP contribution is -2.50. The van der Waals surface area contributed by atoms with Crippen LogP contribution in [0.2, 0.25) is 0 Å². The van der Waals surface area contributed by atoms with Crippen molar-refractivity contribution in [2.45, 2.75) is 50.9 Å². The third-order valence-electron chi connectivity index (χ3n) is 6.26. The van der Waals surface area contributed by atoms with Crippen molar-refractivity contribution in [2.24, 2.45) is 11.8 Å². The molecule has 2 saturated heterocycles. The molecule has 1 aromatic rings. The molecule has 1 N–H and O–H groups in total. The number of likely N-dealkylation sites (tertiary alicyclic amines) is 1. The molecule has 29 heavy (non-hydrogen) atoms. The highest BCUT2D eigenvalue weighted by Gasteiger charge is 2.48. The summed E-state index contributed by atoms with van der Waals surface area (Å²) in [4.78, 5) is 14.4. The predicted octanol–water partition coefficient (Wildman–Crippen LogP) is 2.15. The summed E-state index contributed by atoms with van der Waals surface area (Å²) >= 11 is 0. The highest BCUT2D eigenvalue weighted by molar-refractivity contribution is 7.91. The number of fused-ring (bicyclic) bond motifs is 1. The van der Waals surface area contributed by atoms with Gasteiger partial charge < -0.3 is 10.2 Å². The van der Waals surface area contributed by atoms with Gasteiger partial charge in [0.25, 0.3) is 0 Å². The number of alkyl halides is 3. The monoisotopic (exact) mass is 434 g/mol. The summed E-state index contributed by atoms with van der Waals surface area (Å²) < 4.78 is 65.3. The van der Waals surface area contributed by atoms with Gasteiger partial charge in [-0.3, -0.25) is 4.79 Å². The largest absolute Gasteiger partial charge is 0.410 e. The van der Waals surface area contributed by atoms with Crippen LogP contribution in [0, 0.1) is 18.8 Å². The van der Waals surface area contributed by atoms with Gasteiger partial charge in [0.15, 0.2) is 15.9 Å². The molecular formula is C18H25F3N4O3S. The number of aromatic nitrogens is 2. The minimum absolute atomic E-state index is 0.0292. The summed E-state index contributed by atoms with van der Waals surface area (Å²) in [5.74, 6) is -0.569. The van der Waals surface area contributed by atoms with Gasteiger partial charge in [-0.15, -0.1) is 0 Å². The van der Waals surface area contributed by atoms with Gasteiger partial charge in [-0.2, -0.15) is 18.3 Å². The van der Waals surface area contributed by atoms with Gasteiger partial charge in [0.05, 0.1) is 23.1 Å². The van der Waals surface area contributed by atoms with Crippen molar-refractivity contribution in [3.63, 3.8) is 0 Å². The Kier molecular flexibility index (Phi) is 5.07. The van der Waals surface area contributed by atoms with Gasteiger partial charge in [-0.05, 0) is 38.5 Å². The number of rotatable bonds is 2. The van der Waals surface area contributed by atoms with Gasteiger partial charge >= 0.3 is 6.18 Å². The molecule has 7 nitrogen and oxygen atoms in total. The van der Waals surface area contributed by atoms with Crippen LogP contribution in [0.5, 0.6) is 0 Å². The second-order valence-electron chi connectivity index (χ2n) is 8.45. The zero-order chi connectivity index (χ0) is 21.0. The van der Waals surface area contributed by atoms with Gasteiger partial charge in [0, 0.05) is 25.2 Å². The van der Waals surface area contributed by atoms with Crippen LogP contribution in [0.3, 0.4) is 0 Å². The Hall–Kier alpha value is -1.78. The molecule has 0 aromatic carbocycles. The third-order valence-corrected chi connectivity index (χ3v) is 8.03. The molecule has 2 fully saturated rings. The lowest BCUT2D eigenvalue weighted by atomic mass is 9.85. The fourth-order valence-corrected chi connectivity index (χ4v) is 6.55. The van der Waals surface area contributed by atoms with E-state index in [1.807, 2.05) is 0 Å². The van der Waals surface area contributed by atoms with E-state index >= 15 is 0 Å². The van der Waals surface area contributed by atoms with Crippen LogP contribution in [-0.2, 0) is 14.6 Å². The number of anilines is 1. The molecule has 0 unspecified atom stereocenters. The fraction of sp³-hybridized carbons (Fsp3) is 0.778. The predicted molar refractivity (Wildman–Crippen MR) is 100 cm³/mol. The SMILES string of the molecule is Cc1cc2n(n1)[C@@H](C(F)(F)F)C[C@@H]([C@H]1CCCN(C(=O)[C@H]3CCS(=O)(=O)C3)C1)N2. The number of carbonyl (C=O) groups is 1. The number of piperidine rings is 1. The van der Waals surface area contributed by atoms with Crippen LogP contribution in [0.25, 0.3) is 0 Å². The molecular weight excluding hydrogens is 409 g/mol. The molecule has 0 saturated carbocycles. The van der Waals surface area contributed by atoms with Crippen molar-refractivity contribution in [1.82, 2.24) is 14.7 Å². The van der Waals surface area contributed by atoms with Crippen molar-refractivity contribution >= 4 is 21.6 Å². The number of aryl methyl sites for hydroxylation is 1. The normalized spacial score (nSPS) is 31.9. The number of halogens is 3. The first-order valence-corrected chi connectivity index (χ1v) is 11.7. The van der Waals surface area contributed by atoms with E-state index in [1.54, 1.807) is 17.9 Å². The molecule has 4 atom stereocenters. The minimum Gasteiger partial charge on any atom is -0.367 e. The van der Waals surface area contributed by atoms with Crippen LogP contribution in [0.15, 0.2) is 6.07 Å². The standard InChI is InChI=1S/C18H25F3N4O3S/c1-11-7-16-22-14(8-15(18(19,20)21)25(16)23-11)12-3-2-5-24(9-12)17(26)13-4-6-29(27,28)10-13/h7,12-15,22H,2-6,8-10H2,1H3/t12-,13-,14-,15+/m0/s1. The Morgan fingerprint density at radius 3 is 2.72 bits per heavy atom. The Balaban J connectivity index is 1.49. The van der Waals surface area contributed by atoms with Gasteiger partial charge in [0.2, 0.25) is 5.91 Å². The Bertz CT molecular complexity index is 899. The molecule has 162 valence electrons. The first kappa shape index (κ1) is 20.5. The van der Waals surface area contributed by atoms with E-state index in [4.69, 9.17) is 0 Å². The van der Waals surface area contributed by atoms with Gasteiger partial charge in [-0.25, -0.2) is 13.1 Å². The number of sulfone groups is 1. The van der Waals surface area contributed by atoms with Crippen LogP contribution in [0.4, 0.5) is 19.0 Å². The summed E-state index contributed by atoms with van der Waals surface area (Å²) in [7, 11) is -3.16. The topological polar surface area (TPSA) is 84.3 Å². The number of hydrogen-bond donors (Lipinski definition) is 1. The fourth-order valence-electron chi connectivity index (χ4n) is 4.82. The second-order valence-corrected chi connectivity index (χ2v) is 10.7. The van der Waals surface area contributed by atoms with E-state index in [1.165, 1.54) is 0 Å². The molecule has 0 radical (unpaired) electrons. The minimum atomic E-state index is -4.41. The number of nitrogens with zero attached hydrogens (tertiary/aromatic N) is 3. The maximum Gasteiger partial charge on any atom is 0.410 e. The molecule has 3 aliphatic rings. The molecule has 0 aliphatic carbocycles. The summed E-state index contributed by atoms with van der Waals surface area (Å²) in [5.41, 5.74) is 0.519. The van der Waals surface area contributed by atoms with Crippen molar-refractivity contribution in [3.8, 4) is 0 Å². The van der Waals surface area contributed by atoms with Gasteiger partial charge in [0.1, 0.15) is 5.82 Å². The number of hydrogen-bond acceptors (Lipinski definition) is 5. The van der Waals surface area contributed by atoms with Gasteiger partial charge in [-0.1, -0.05) is 0 Å². The maximum absolute atomic E-state index is 13.6. The zero-order valence-electron chi connectivity index (χ0n) is 16.2. The molecule has 0 spiro atoms. The third kappa shape index (κ3) is 4.10. The maximum atomic E-state index is 13.6. The Labute approximate surface area is 167 Å². The molecule has 11 heteroatoms. The van der Waals surface area contributed by atoms with E-state index in [2.05, 4.69) is 10.4 Å². The smallest absolute Gasteiger partial charge is 0.367 e. The molecule has 1 aromatic heterocycles. The van der Waals surface area contributed by atoms with Crippen LogP contribution < -0.4 is 5.32 Å². The van der Waals surface area contributed by atoms with E-state index in [0.717, 1.165) is 11.1 Å². The average molecular weight is 434 g/mol. The molecule has 1 amide bonds. The molecule has 4 heterocycles. The Morgan fingerprint density at radius 2 is 2.07 bits per heavy atom. The van der Waals surface area contributed by atoms with E-state index in [-0.39, 0.29) is 29.8 Å². The summed E-state index contributed by atoms with van der Waals surface area (Å²) in [6.45, 7) is 2.54.